The molecule has 1 saturated carbocycles. The van der Waals surface area contributed by atoms with E-state index in [2.05, 4.69) is 31.2 Å². The van der Waals surface area contributed by atoms with E-state index >= 15 is 0 Å². The predicted molar refractivity (Wildman–Crippen MR) is 262 cm³/mol. The summed E-state index contributed by atoms with van der Waals surface area (Å²) >= 11 is 1.56. The SMILES string of the molecule is Cc1ncsc1-c1ccc(C(C)NC(=O)[C@@H]2C[C@@H](O)CN2C(=O)[C@@H](NC(=O)COCCc2cn(-c3ccc(C(=O)NC4C(C)(C)C(Oc5ccc(C#N)c(C(F)(F)F)c5)C4(C)C)cc3)nn2)C(C)(C)C)cc1. The number of aromatic nitrogens is 4. The van der Waals surface area contributed by atoms with Crippen molar-refractivity contribution in [3.05, 3.63) is 112 Å². The fourth-order valence-electron chi connectivity index (χ4n) is 9.94. The van der Waals surface area contributed by atoms with Gasteiger partial charge in [-0.25, -0.2) is 9.67 Å². The first-order valence-electron chi connectivity index (χ1n) is 23.6. The number of likely N-dealkylation sites (tertiary alicyclic amines) is 1. The molecule has 382 valence electrons. The van der Waals surface area contributed by atoms with Crippen molar-refractivity contribution >= 4 is 35.0 Å². The molecule has 16 nitrogen and oxygen atoms in total. The zero-order valence-corrected chi connectivity index (χ0v) is 42.4. The summed E-state index contributed by atoms with van der Waals surface area (Å²) < 4.78 is 54.2. The van der Waals surface area contributed by atoms with E-state index in [1.165, 1.54) is 15.6 Å². The third kappa shape index (κ3) is 11.5. The number of amides is 4. The Balaban J connectivity index is 0.876. The summed E-state index contributed by atoms with van der Waals surface area (Å²) in [4.78, 5) is 61.3. The van der Waals surface area contributed by atoms with E-state index in [1.54, 1.807) is 74.2 Å². The van der Waals surface area contributed by atoms with Crippen LogP contribution in [0.3, 0.4) is 0 Å². The molecule has 7 rings (SSSR count). The summed E-state index contributed by atoms with van der Waals surface area (Å²) in [5.41, 5.74) is 2.51. The number of carbonyl (C=O) groups is 4. The van der Waals surface area contributed by atoms with Crippen LogP contribution in [0.4, 0.5) is 13.2 Å². The summed E-state index contributed by atoms with van der Waals surface area (Å²) in [5.74, 6) is -1.80. The molecule has 1 saturated heterocycles. The molecule has 4 atom stereocenters. The van der Waals surface area contributed by atoms with Crippen molar-refractivity contribution in [2.45, 2.75) is 118 Å². The minimum Gasteiger partial charge on any atom is -0.489 e. The Morgan fingerprint density at radius 3 is 2.28 bits per heavy atom. The molecule has 0 radical (unpaired) electrons. The van der Waals surface area contributed by atoms with Crippen LogP contribution in [0.25, 0.3) is 16.1 Å². The molecule has 5 aromatic rings. The van der Waals surface area contributed by atoms with Gasteiger partial charge < -0.3 is 35.4 Å². The maximum atomic E-state index is 14.1. The number of aliphatic hydroxyl groups is 1. The molecule has 4 amide bonds. The molecule has 2 aliphatic rings. The average molecular weight is 1010 g/mol. The monoisotopic (exact) mass is 1010 g/mol. The number of aryl methyl sites for hydroxylation is 1. The quantitative estimate of drug-likeness (QED) is 0.0730. The molecule has 2 fully saturated rings. The van der Waals surface area contributed by atoms with E-state index in [1.807, 2.05) is 65.8 Å². The number of benzene rings is 3. The van der Waals surface area contributed by atoms with Crippen LogP contribution in [0, 0.1) is 34.5 Å². The van der Waals surface area contributed by atoms with Crippen LogP contribution in [0.5, 0.6) is 5.75 Å². The van der Waals surface area contributed by atoms with Crippen LogP contribution >= 0.6 is 11.3 Å². The van der Waals surface area contributed by atoms with Gasteiger partial charge in [-0.3, -0.25) is 19.2 Å². The number of β-amino-alcohol motifs (C(OH)–C–C–N with tert-alkyl or cyclic N) is 1. The second kappa shape index (κ2) is 20.8. The van der Waals surface area contributed by atoms with E-state index < -0.39 is 81.6 Å². The van der Waals surface area contributed by atoms with Crippen LogP contribution in [0.1, 0.15) is 106 Å². The molecule has 3 heterocycles. The number of hydrogen-bond donors (Lipinski definition) is 4. The molecule has 1 aliphatic heterocycles. The standard InChI is InChI=1S/C52H60F3N9O7S/c1-29(31-10-12-32(13-11-31)42-30(2)57-28-72-42)58-45(68)40-22-37(65)26-63(40)46(69)43(49(3,4)5)59-41(66)27-70-21-20-35-25-64(62-61-35)36-17-14-33(15-18-36)44(67)60-47-50(6,7)48(51(47,8)9)71-38-19-16-34(24-56)39(23-38)52(53,54)55/h10-19,23,25,28-29,37,40,43,47-48,65H,20-22,26-27H2,1-9H3,(H,58,68)(H,59,66)(H,60,67)/t29?,37-,40+,43-,47?,48?/m1/s1. The Labute approximate surface area is 420 Å². The number of hydrogen-bond acceptors (Lipinski definition) is 12. The van der Waals surface area contributed by atoms with Gasteiger partial charge >= 0.3 is 6.18 Å². The highest BCUT2D eigenvalue weighted by atomic mass is 32.1. The first-order valence-corrected chi connectivity index (χ1v) is 24.4. The summed E-state index contributed by atoms with van der Waals surface area (Å²) in [6.45, 7) is 16.4. The van der Waals surface area contributed by atoms with Crippen molar-refractivity contribution in [2.24, 2.45) is 16.2 Å². The molecule has 3 aromatic carbocycles. The van der Waals surface area contributed by atoms with E-state index in [0.29, 0.717) is 23.4 Å². The third-order valence-electron chi connectivity index (χ3n) is 13.5. The Hall–Kier alpha value is -6.69. The van der Waals surface area contributed by atoms with Gasteiger partial charge in [0, 0.05) is 41.8 Å². The lowest BCUT2D eigenvalue weighted by Crippen LogP contribution is -2.74. The maximum Gasteiger partial charge on any atom is 0.417 e. The molecule has 1 aliphatic carbocycles. The summed E-state index contributed by atoms with van der Waals surface area (Å²) in [6, 6.07) is 16.6. The lowest BCUT2D eigenvalue weighted by molar-refractivity contribution is -0.164. The first kappa shape index (κ1) is 53.1. The second-order valence-electron chi connectivity index (χ2n) is 20.7. The number of halogens is 3. The summed E-state index contributed by atoms with van der Waals surface area (Å²) in [7, 11) is 0. The normalized spacial score (nSPS) is 20.1. The van der Waals surface area contributed by atoms with E-state index in [9.17, 15) is 42.7 Å². The van der Waals surface area contributed by atoms with Crippen LogP contribution in [-0.4, -0.2) is 104 Å². The van der Waals surface area contributed by atoms with Crippen LogP contribution in [0.2, 0.25) is 0 Å². The van der Waals surface area contributed by atoms with Crippen molar-refractivity contribution in [1.82, 2.24) is 40.8 Å². The highest BCUT2D eigenvalue weighted by molar-refractivity contribution is 7.13. The highest BCUT2D eigenvalue weighted by Crippen LogP contribution is 2.56. The third-order valence-corrected chi connectivity index (χ3v) is 14.5. The average Bonchev–Trinajstić information content (AvgIpc) is 4.09. The smallest absolute Gasteiger partial charge is 0.417 e. The minimum atomic E-state index is -4.73. The van der Waals surface area contributed by atoms with Gasteiger partial charge in [-0.2, -0.15) is 18.4 Å². The Morgan fingerprint density at radius 1 is 0.986 bits per heavy atom. The molecule has 0 spiro atoms. The van der Waals surface area contributed by atoms with Gasteiger partial charge in [0.15, 0.2) is 0 Å². The van der Waals surface area contributed by atoms with Crippen molar-refractivity contribution in [3.8, 4) is 27.9 Å². The number of carbonyl (C=O) groups excluding carboxylic acids is 4. The Bertz CT molecular complexity index is 2820. The summed E-state index contributed by atoms with van der Waals surface area (Å²) in [5, 5.41) is 37.1. The van der Waals surface area contributed by atoms with Crippen molar-refractivity contribution in [1.29, 1.82) is 5.26 Å². The lowest BCUT2D eigenvalue weighted by atomic mass is 9.49. The molecule has 4 N–H and O–H groups in total. The Morgan fingerprint density at radius 2 is 1.67 bits per heavy atom. The van der Waals surface area contributed by atoms with Gasteiger partial charge in [-0.05, 0) is 72.9 Å². The minimum absolute atomic E-state index is 0.0224. The number of rotatable bonds is 16. The van der Waals surface area contributed by atoms with E-state index in [-0.39, 0.29) is 43.9 Å². The van der Waals surface area contributed by atoms with Crippen LogP contribution in [0.15, 0.2) is 78.4 Å². The van der Waals surface area contributed by atoms with Gasteiger partial charge in [-0.1, -0.05) is 77.9 Å². The second-order valence-corrected chi connectivity index (χ2v) is 21.6. The highest BCUT2D eigenvalue weighted by Gasteiger charge is 2.64. The van der Waals surface area contributed by atoms with Gasteiger partial charge in [0.25, 0.3) is 5.91 Å². The molecule has 1 unspecified atom stereocenters. The number of ether oxygens (including phenoxy) is 2. The van der Waals surface area contributed by atoms with Gasteiger partial charge in [-0.15, -0.1) is 16.4 Å². The van der Waals surface area contributed by atoms with Crippen LogP contribution in [-0.2, 0) is 31.7 Å². The van der Waals surface area contributed by atoms with Crippen molar-refractivity contribution in [2.75, 3.05) is 19.8 Å². The molecular formula is C52H60F3N9O7S. The van der Waals surface area contributed by atoms with Crippen molar-refractivity contribution in [3.63, 3.8) is 0 Å². The number of alkyl halides is 3. The Kier molecular flexibility index (Phi) is 15.3. The fraction of sp³-hybridized carbons (Fsp3) is 0.462. The first-order chi connectivity index (χ1) is 33.8. The predicted octanol–water partition coefficient (Wildman–Crippen LogP) is 7.13. The molecule has 20 heteroatoms. The van der Waals surface area contributed by atoms with Gasteiger partial charge in [0.2, 0.25) is 17.7 Å². The fourth-order valence-corrected chi connectivity index (χ4v) is 10.8. The van der Waals surface area contributed by atoms with Gasteiger partial charge in [0.05, 0.1) is 69.6 Å². The number of thiazole rings is 1. The molecule has 2 aromatic heterocycles. The number of aliphatic hydroxyl groups excluding tert-OH is 1. The van der Waals surface area contributed by atoms with E-state index in [4.69, 9.17) is 9.47 Å². The van der Waals surface area contributed by atoms with E-state index in [0.717, 1.165) is 33.8 Å². The largest absolute Gasteiger partial charge is 0.489 e. The zero-order valence-electron chi connectivity index (χ0n) is 41.6. The maximum absolute atomic E-state index is 14.1. The topological polar surface area (TPSA) is 214 Å². The zero-order chi connectivity index (χ0) is 52.5. The van der Waals surface area contributed by atoms with Gasteiger partial charge in [0.1, 0.15) is 30.5 Å². The lowest BCUT2D eigenvalue weighted by Gasteiger charge is -2.63. The van der Waals surface area contributed by atoms with Crippen LogP contribution < -0.4 is 20.7 Å². The summed E-state index contributed by atoms with van der Waals surface area (Å²) in [6.07, 6.45) is -4.16. The number of nitrogens with one attached hydrogen (secondary N) is 3. The molecule has 72 heavy (non-hydrogen) atoms. The molecular weight excluding hydrogens is 952 g/mol. The number of nitrogens with zero attached hydrogens (tertiary/aromatic N) is 6. The van der Waals surface area contributed by atoms with Crippen molar-refractivity contribution < 1.29 is 46.9 Å². The molecule has 0 bridgehead atoms. The number of nitriles is 1.